The third-order valence-corrected chi connectivity index (χ3v) is 2.69. The standard InChI is InChI=1S/C14H17ClO/c1-2-3-4-5-6-10-14(16)12-8-7-9-13(15)11-12/h2,7-9,11H,1,3-6,10H2. The molecule has 0 N–H and O–H groups in total. The lowest BCUT2D eigenvalue weighted by Crippen LogP contribution is -1.98. The summed E-state index contributed by atoms with van der Waals surface area (Å²) in [4.78, 5) is 11.8. The van der Waals surface area contributed by atoms with Gasteiger partial charge in [-0.15, -0.1) is 6.58 Å². The highest BCUT2D eigenvalue weighted by atomic mass is 35.5. The van der Waals surface area contributed by atoms with E-state index in [9.17, 15) is 4.79 Å². The van der Waals surface area contributed by atoms with Gasteiger partial charge in [-0.2, -0.15) is 0 Å². The van der Waals surface area contributed by atoms with E-state index in [1.54, 1.807) is 12.1 Å². The number of rotatable bonds is 7. The second-order valence-electron chi connectivity index (χ2n) is 3.82. The Morgan fingerprint density at radius 2 is 2.12 bits per heavy atom. The van der Waals surface area contributed by atoms with Crippen LogP contribution in [-0.2, 0) is 0 Å². The molecule has 1 rings (SSSR count). The fourth-order valence-electron chi connectivity index (χ4n) is 1.56. The van der Waals surface area contributed by atoms with Gasteiger partial charge in [0.25, 0.3) is 0 Å². The van der Waals surface area contributed by atoms with Crippen LogP contribution < -0.4 is 0 Å². The number of hydrogen-bond acceptors (Lipinski definition) is 1. The Morgan fingerprint density at radius 1 is 1.31 bits per heavy atom. The van der Waals surface area contributed by atoms with E-state index in [-0.39, 0.29) is 5.78 Å². The molecular weight excluding hydrogens is 220 g/mol. The second-order valence-corrected chi connectivity index (χ2v) is 4.26. The number of allylic oxidation sites excluding steroid dienone is 1. The summed E-state index contributed by atoms with van der Waals surface area (Å²) >= 11 is 5.83. The second kappa shape index (κ2) is 7.24. The summed E-state index contributed by atoms with van der Waals surface area (Å²) < 4.78 is 0. The zero-order chi connectivity index (χ0) is 11.8. The van der Waals surface area contributed by atoms with E-state index in [4.69, 9.17) is 11.6 Å². The molecule has 86 valence electrons. The first kappa shape index (κ1) is 13.0. The average molecular weight is 237 g/mol. The summed E-state index contributed by atoms with van der Waals surface area (Å²) in [7, 11) is 0. The molecule has 16 heavy (non-hydrogen) atoms. The molecule has 0 fully saturated rings. The maximum atomic E-state index is 11.8. The van der Waals surface area contributed by atoms with Crippen molar-refractivity contribution in [3.05, 3.63) is 47.5 Å². The van der Waals surface area contributed by atoms with Gasteiger partial charge in [-0.25, -0.2) is 0 Å². The molecule has 2 heteroatoms. The molecule has 0 spiro atoms. The van der Waals surface area contributed by atoms with Gasteiger partial charge in [0.2, 0.25) is 0 Å². The van der Waals surface area contributed by atoms with E-state index in [1.165, 1.54) is 0 Å². The normalized spacial score (nSPS) is 10.1. The van der Waals surface area contributed by atoms with Crippen molar-refractivity contribution >= 4 is 17.4 Å². The monoisotopic (exact) mass is 236 g/mol. The highest BCUT2D eigenvalue weighted by Gasteiger charge is 2.05. The molecular formula is C14H17ClO. The lowest BCUT2D eigenvalue weighted by Gasteiger charge is -2.01. The van der Waals surface area contributed by atoms with Gasteiger partial charge in [-0.05, 0) is 31.4 Å². The third-order valence-electron chi connectivity index (χ3n) is 2.46. The maximum Gasteiger partial charge on any atom is 0.162 e. The van der Waals surface area contributed by atoms with E-state index in [0.717, 1.165) is 31.2 Å². The topological polar surface area (TPSA) is 17.1 Å². The largest absolute Gasteiger partial charge is 0.294 e. The average Bonchev–Trinajstić information content (AvgIpc) is 2.28. The van der Waals surface area contributed by atoms with Crippen molar-refractivity contribution in [2.24, 2.45) is 0 Å². The minimum atomic E-state index is 0.182. The van der Waals surface area contributed by atoms with Gasteiger partial charge < -0.3 is 0 Å². The summed E-state index contributed by atoms with van der Waals surface area (Å²) in [6.45, 7) is 3.67. The van der Waals surface area contributed by atoms with Gasteiger partial charge in [0.1, 0.15) is 0 Å². The summed E-state index contributed by atoms with van der Waals surface area (Å²) in [5.74, 6) is 0.182. The number of carbonyl (C=O) groups is 1. The Kier molecular flexibility index (Phi) is 5.87. The first-order valence-electron chi connectivity index (χ1n) is 5.63. The molecule has 0 atom stereocenters. The molecule has 0 saturated heterocycles. The van der Waals surface area contributed by atoms with Crippen molar-refractivity contribution in [3.63, 3.8) is 0 Å². The molecule has 0 radical (unpaired) electrons. The molecule has 1 aromatic rings. The van der Waals surface area contributed by atoms with Crippen molar-refractivity contribution in [1.82, 2.24) is 0 Å². The van der Waals surface area contributed by atoms with E-state index in [1.807, 2.05) is 18.2 Å². The number of carbonyl (C=O) groups excluding carboxylic acids is 1. The molecule has 0 aliphatic heterocycles. The van der Waals surface area contributed by atoms with Crippen LogP contribution in [0.2, 0.25) is 5.02 Å². The molecule has 0 saturated carbocycles. The molecule has 1 aromatic carbocycles. The quantitative estimate of drug-likeness (QED) is 0.382. The predicted molar refractivity (Wildman–Crippen MR) is 69.1 cm³/mol. The van der Waals surface area contributed by atoms with Gasteiger partial charge in [0.15, 0.2) is 5.78 Å². The number of hydrogen-bond donors (Lipinski definition) is 0. The van der Waals surface area contributed by atoms with E-state index >= 15 is 0 Å². The van der Waals surface area contributed by atoms with Crippen LogP contribution >= 0.6 is 11.6 Å². The van der Waals surface area contributed by atoms with E-state index < -0.39 is 0 Å². The van der Waals surface area contributed by atoms with Gasteiger partial charge >= 0.3 is 0 Å². The zero-order valence-corrected chi connectivity index (χ0v) is 10.2. The van der Waals surface area contributed by atoms with Crippen molar-refractivity contribution in [3.8, 4) is 0 Å². The summed E-state index contributed by atoms with van der Waals surface area (Å²) in [6, 6.07) is 7.14. The first-order valence-corrected chi connectivity index (χ1v) is 6.01. The van der Waals surface area contributed by atoms with Gasteiger partial charge in [0.05, 0.1) is 0 Å². The Balaban J connectivity index is 2.32. The number of unbranched alkanes of at least 4 members (excludes halogenated alkanes) is 3. The number of halogens is 1. The number of benzene rings is 1. The summed E-state index contributed by atoms with van der Waals surface area (Å²) in [5.41, 5.74) is 0.719. The number of Topliss-reactive ketones (excluding diaryl/α,β-unsaturated/α-hetero) is 1. The van der Waals surface area contributed by atoms with Crippen LogP contribution in [0.4, 0.5) is 0 Å². The Labute approximate surface area is 102 Å². The molecule has 1 nitrogen and oxygen atoms in total. The molecule has 0 aromatic heterocycles. The molecule has 0 bridgehead atoms. The highest BCUT2D eigenvalue weighted by Crippen LogP contribution is 2.14. The van der Waals surface area contributed by atoms with Crippen LogP contribution in [0.15, 0.2) is 36.9 Å². The summed E-state index contributed by atoms with van der Waals surface area (Å²) in [5, 5.41) is 0.623. The SMILES string of the molecule is C=CCCCCCC(=O)c1cccc(Cl)c1. The lowest BCUT2D eigenvalue weighted by atomic mass is 10.0. The van der Waals surface area contributed by atoms with Gasteiger partial charge in [0, 0.05) is 17.0 Å². The van der Waals surface area contributed by atoms with Crippen molar-refractivity contribution < 1.29 is 4.79 Å². The number of ketones is 1. The van der Waals surface area contributed by atoms with Crippen molar-refractivity contribution in [2.45, 2.75) is 32.1 Å². The molecule has 0 heterocycles. The fraction of sp³-hybridized carbons (Fsp3) is 0.357. The van der Waals surface area contributed by atoms with Crippen LogP contribution in [0.25, 0.3) is 0 Å². The fourth-order valence-corrected chi connectivity index (χ4v) is 1.75. The molecule has 0 amide bonds. The summed E-state index contributed by atoms with van der Waals surface area (Å²) in [6.07, 6.45) is 6.70. The Hall–Kier alpha value is -1.08. The van der Waals surface area contributed by atoms with Crippen LogP contribution in [0.1, 0.15) is 42.5 Å². The van der Waals surface area contributed by atoms with Crippen molar-refractivity contribution in [1.29, 1.82) is 0 Å². The Bertz CT molecular complexity index is 358. The van der Waals surface area contributed by atoms with Crippen LogP contribution in [0.5, 0.6) is 0 Å². The van der Waals surface area contributed by atoms with Crippen LogP contribution in [-0.4, -0.2) is 5.78 Å². The van der Waals surface area contributed by atoms with Crippen molar-refractivity contribution in [2.75, 3.05) is 0 Å². The van der Waals surface area contributed by atoms with Gasteiger partial charge in [-0.3, -0.25) is 4.79 Å². The minimum absolute atomic E-state index is 0.182. The zero-order valence-electron chi connectivity index (χ0n) is 9.42. The smallest absolute Gasteiger partial charge is 0.162 e. The van der Waals surface area contributed by atoms with E-state index in [0.29, 0.717) is 11.4 Å². The maximum absolute atomic E-state index is 11.8. The molecule has 0 unspecified atom stereocenters. The molecule has 0 aliphatic carbocycles. The minimum Gasteiger partial charge on any atom is -0.294 e. The highest BCUT2D eigenvalue weighted by molar-refractivity contribution is 6.31. The Morgan fingerprint density at radius 3 is 2.81 bits per heavy atom. The van der Waals surface area contributed by atoms with Crippen LogP contribution in [0.3, 0.4) is 0 Å². The first-order chi connectivity index (χ1) is 7.74. The molecule has 0 aliphatic rings. The van der Waals surface area contributed by atoms with Crippen LogP contribution in [0, 0.1) is 0 Å². The van der Waals surface area contributed by atoms with Gasteiger partial charge in [-0.1, -0.05) is 36.2 Å². The lowest BCUT2D eigenvalue weighted by molar-refractivity contribution is 0.0979. The third kappa shape index (κ3) is 4.63. The predicted octanol–water partition coefficient (Wildman–Crippen LogP) is 4.66. The van der Waals surface area contributed by atoms with E-state index in [2.05, 4.69) is 6.58 Å².